The minimum atomic E-state index is -0.324. The number of nitrogens with zero attached hydrogens (tertiary/aromatic N) is 1. The molecule has 0 unspecified atom stereocenters. The number of hydrogen-bond acceptors (Lipinski definition) is 4. The summed E-state index contributed by atoms with van der Waals surface area (Å²) in [5.74, 6) is 1.03. The Hall–Kier alpha value is -4.32. The SMILES string of the molecule is O=C(NN=Cc1c(OCc2ccccc2Cl)ccc2ccccc12)c1ccc(COc2ccc(Cl)cc2)cc1. The summed E-state index contributed by atoms with van der Waals surface area (Å²) in [6.45, 7) is 0.680. The zero-order valence-electron chi connectivity index (χ0n) is 20.8. The number of nitrogens with one attached hydrogen (secondary N) is 1. The van der Waals surface area contributed by atoms with Gasteiger partial charge in [-0.15, -0.1) is 0 Å². The highest BCUT2D eigenvalue weighted by Gasteiger charge is 2.10. The number of amides is 1. The van der Waals surface area contributed by atoms with Gasteiger partial charge in [-0.05, 0) is 64.9 Å². The molecule has 5 nitrogen and oxygen atoms in total. The summed E-state index contributed by atoms with van der Waals surface area (Å²) in [5, 5.41) is 7.53. The fraction of sp³-hybridized carbons (Fsp3) is 0.0625. The van der Waals surface area contributed by atoms with Gasteiger partial charge >= 0.3 is 0 Å². The largest absolute Gasteiger partial charge is 0.489 e. The smallest absolute Gasteiger partial charge is 0.271 e. The molecule has 0 heterocycles. The van der Waals surface area contributed by atoms with Gasteiger partial charge in [0.1, 0.15) is 24.7 Å². The molecule has 0 spiro atoms. The average Bonchev–Trinajstić information content (AvgIpc) is 2.97. The number of hydrazone groups is 1. The Bertz CT molecular complexity index is 1620. The van der Waals surface area contributed by atoms with Crippen LogP contribution in [0.1, 0.15) is 27.0 Å². The highest BCUT2D eigenvalue weighted by molar-refractivity contribution is 6.31. The lowest BCUT2D eigenvalue weighted by Crippen LogP contribution is -2.17. The van der Waals surface area contributed by atoms with Crippen LogP contribution < -0.4 is 14.9 Å². The fourth-order valence-electron chi connectivity index (χ4n) is 3.98. The fourth-order valence-corrected chi connectivity index (χ4v) is 4.29. The van der Waals surface area contributed by atoms with Crippen molar-refractivity contribution in [2.24, 2.45) is 5.10 Å². The average molecular weight is 555 g/mol. The highest BCUT2D eigenvalue weighted by atomic mass is 35.5. The van der Waals surface area contributed by atoms with Gasteiger partial charge in [-0.1, -0.05) is 83.9 Å². The monoisotopic (exact) mass is 554 g/mol. The minimum Gasteiger partial charge on any atom is -0.489 e. The summed E-state index contributed by atoms with van der Waals surface area (Å²) in [5.41, 5.74) is 5.67. The molecular weight excluding hydrogens is 531 g/mol. The minimum absolute atomic E-state index is 0.305. The first-order chi connectivity index (χ1) is 19.1. The first-order valence-corrected chi connectivity index (χ1v) is 13.0. The van der Waals surface area contributed by atoms with Gasteiger partial charge in [0.05, 0.1) is 6.21 Å². The molecule has 0 fully saturated rings. The van der Waals surface area contributed by atoms with Crippen molar-refractivity contribution < 1.29 is 14.3 Å². The van der Waals surface area contributed by atoms with E-state index in [0.717, 1.165) is 33.2 Å². The molecule has 7 heteroatoms. The van der Waals surface area contributed by atoms with Gasteiger partial charge in [0.2, 0.25) is 0 Å². The number of rotatable bonds is 9. The Kier molecular flexibility index (Phi) is 8.42. The molecule has 0 saturated heterocycles. The molecule has 5 rings (SSSR count). The Morgan fingerprint density at radius 2 is 1.51 bits per heavy atom. The summed E-state index contributed by atoms with van der Waals surface area (Å²) in [7, 11) is 0. The molecule has 0 atom stereocenters. The Labute approximate surface area is 236 Å². The normalized spacial score (nSPS) is 11.0. The molecule has 5 aromatic carbocycles. The van der Waals surface area contributed by atoms with E-state index in [1.807, 2.05) is 84.9 Å². The van der Waals surface area contributed by atoms with E-state index in [9.17, 15) is 4.79 Å². The molecule has 0 aliphatic carbocycles. The van der Waals surface area contributed by atoms with Crippen LogP contribution in [0.4, 0.5) is 0 Å². The number of ether oxygens (including phenoxy) is 2. The van der Waals surface area contributed by atoms with Gasteiger partial charge in [-0.2, -0.15) is 5.10 Å². The van der Waals surface area contributed by atoms with Gasteiger partial charge in [0.25, 0.3) is 5.91 Å². The van der Waals surface area contributed by atoms with Gasteiger partial charge < -0.3 is 9.47 Å². The Balaban J connectivity index is 1.26. The first-order valence-electron chi connectivity index (χ1n) is 12.3. The predicted molar refractivity (Wildman–Crippen MR) is 157 cm³/mol. The third kappa shape index (κ3) is 6.77. The maximum atomic E-state index is 12.7. The molecule has 0 saturated carbocycles. The van der Waals surface area contributed by atoms with E-state index in [1.165, 1.54) is 0 Å². The molecule has 0 aliphatic rings. The van der Waals surface area contributed by atoms with Crippen LogP contribution in [0.15, 0.2) is 114 Å². The van der Waals surface area contributed by atoms with E-state index in [2.05, 4.69) is 10.5 Å². The first kappa shape index (κ1) is 26.3. The molecule has 0 aliphatic heterocycles. The predicted octanol–water partition coefficient (Wildman–Crippen LogP) is 8.07. The van der Waals surface area contributed by atoms with Crippen LogP contribution in [-0.2, 0) is 13.2 Å². The molecule has 0 bridgehead atoms. The molecule has 0 aromatic heterocycles. The summed E-state index contributed by atoms with van der Waals surface area (Å²) in [6.07, 6.45) is 1.61. The number of benzene rings is 5. The van der Waals surface area contributed by atoms with Gasteiger partial charge in [-0.3, -0.25) is 4.79 Å². The van der Waals surface area contributed by atoms with E-state index in [1.54, 1.807) is 30.5 Å². The van der Waals surface area contributed by atoms with Crippen molar-refractivity contribution in [3.63, 3.8) is 0 Å². The van der Waals surface area contributed by atoms with Crippen LogP contribution in [0.5, 0.6) is 11.5 Å². The molecular formula is C32H24Cl2N2O3. The van der Waals surface area contributed by atoms with Crippen molar-refractivity contribution >= 4 is 46.1 Å². The van der Waals surface area contributed by atoms with Gasteiger partial charge in [0, 0.05) is 26.7 Å². The summed E-state index contributed by atoms with van der Waals surface area (Å²) in [4.78, 5) is 12.7. The summed E-state index contributed by atoms with van der Waals surface area (Å²) >= 11 is 12.2. The van der Waals surface area contributed by atoms with Crippen LogP contribution in [0.2, 0.25) is 10.0 Å². The van der Waals surface area contributed by atoms with Crippen molar-refractivity contribution in [1.29, 1.82) is 0 Å². The molecule has 1 amide bonds. The van der Waals surface area contributed by atoms with E-state index in [-0.39, 0.29) is 5.91 Å². The van der Waals surface area contributed by atoms with Crippen LogP contribution in [0.25, 0.3) is 10.8 Å². The molecule has 5 aromatic rings. The number of fused-ring (bicyclic) bond motifs is 1. The zero-order chi connectivity index (χ0) is 27.0. The maximum Gasteiger partial charge on any atom is 0.271 e. The van der Waals surface area contributed by atoms with Crippen molar-refractivity contribution in [2.45, 2.75) is 13.2 Å². The Morgan fingerprint density at radius 3 is 2.31 bits per heavy atom. The summed E-state index contributed by atoms with van der Waals surface area (Å²) in [6, 6.07) is 33.7. The van der Waals surface area contributed by atoms with Crippen LogP contribution >= 0.6 is 23.2 Å². The van der Waals surface area contributed by atoms with Gasteiger partial charge in [0.15, 0.2) is 0 Å². The van der Waals surface area contributed by atoms with Crippen LogP contribution in [0.3, 0.4) is 0 Å². The maximum absolute atomic E-state index is 12.7. The standard InChI is InChI=1S/C32H24Cl2N2O3/c33-26-14-16-27(17-15-26)38-20-22-9-11-24(12-10-22)32(37)36-35-19-29-28-7-3-1-5-23(28)13-18-31(29)39-21-25-6-2-4-8-30(25)34/h1-19H,20-21H2,(H,36,37). The van der Waals surface area contributed by atoms with E-state index < -0.39 is 0 Å². The van der Waals surface area contributed by atoms with Crippen LogP contribution in [0, 0.1) is 0 Å². The van der Waals surface area contributed by atoms with Crippen LogP contribution in [-0.4, -0.2) is 12.1 Å². The van der Waals surface area contributed by atoms with Crippen molar-refractivity contribution in [3.05, 3.63) is 141 Å². The molecule has 0 radical (unpaired) electrons. The zero-order valence-corrected chi connectivity index (χ0v) is 22.3. The lowest BCUT2D eigenvalue weighted by molar-refractivity contribution is 0.0955. The van der Waals surface area contributed by atoms with E-state index in [0.29, 0.717) is 34.6 Å². The number of halogens is 2. The second kappa shape index (κ2) is 12.5. The quantitative estimate of drug-likeness (QED) is 0.148. The second-order valence-electron chi connectivity index (χ2n) is 8.72. The second-order valence-corrected chi connectivity index (χ2v) is 9.56. The summed E-state index contributed by atoms with van der Waals surface area (Å²) < 4.78 is 11.9. The van der Waals surface area contributed by atoms with Crippen molar-refractivity contribution in [3.8, 4) is 11.5 Å². The van der Waals surface area contributed by atoms with E-state index in [4.69, 9.17) is 32.7 Å². The molecule has 39 heavy (non-hydrogen) atoms. The highest BCUT2D eigenvalue weighted by Crippen LogP contribution is 2.28. The van der Waals surface area contributed by atoms with Crippen molar-refractivity contribution in [1.82, 2.24) is 5.43 Å². The number of hydrogen-bond donors (Lipinski definition) is 1. The lowest BCUT2D eigenvalue weighted by Gasteiger charge is -2.12. The van der Waals surface area contributed by atoms with E-state index >= 15 is 0 Å². The third-order valence-electron chi connectivity index (χ3n) is 6.07. The number of carbonyl (C=O) groups is 1. The molecule has 1 N–H and O–H groups in total. The van der Waals surface area contributed by atoms with Gasteiger partial charge in [-0.25, -0.2) is 5.43 Å². The third-order valence-corrected chi connectivity index (χ3v) is 6.69. The molecule has 194 valence electrons. The topological polar surface area (TPSA) is 59.9 Å². The van der Waals surface area contributed by atoms with Crippen molar-refractivity contribution in [2.75, 3.05) is 0 Å². The Morgan fingerprint density at radius 1 is 0.769 bits per heavy atom. The number of carbonyl (C=O) groups excluding carboxylic acids is 1. The lowest BCUT2D eigenvalue weighted by atomic mass is 10.0.